The molecule has 0 bridgehead atoms. The number of nitrogens with one attached hydrogen (secondary N) is 1. The van der Waals surface area contributed by atoms with Crippen molar-refractivity contribution in [3.63, 3.8) is 0 Å². The maximum Gasteiger partial charge on any atom is 0.342 e. The van der Waals surface area contributed by atoms with Crippen molar-refractivity contribution < 1.29 is 23.5 Å². The Balaban J connectivity index is 1.87. The number of amides is 1. The van der Waals surface area contributed by atoms with E-state index >= 15 is 0 Å². The first-order valence-electron chi connectivity index (χ1n) is 8.88. The summed E-state index contributed by atoms with van der Waals surface area (Å²) in [7, 11) is 0. The molecule has 6 heteroatoms. The van der Waals surface area contributed by atoms with Crippen LogP contribution in [0, 0.1) is 5.82 Å². The molecule has 0 radical (unpaired) electrons. The molecule has 0 aliphatic carbocycles. The molecule has 0 fully saturated rings. The van der Waals surface area contributed by atoms with Gasteiger partial charge in [0, 0.05) is 16.8 Å². The monoisotopic (exact) mass is 391 g/mol. The van der Waals surface area contributed by atoms with Crippen molar-refractivity contribution in [1.29, 1.82) is 0 Å². The van der Waals surface area contributed by atoms with Gasteiger partial charge in [0.25, 0.3) is 5.91 Å². The minimum absolute atomic E-state index is 0.147. The topological polar surface area (TPSA) is 72.5 Å². The Kier molecular flexibility index (Phi) is 6.14. The summed E-state index contributed by atoms with van der Waals surface area (Å²) in [6, 6.07) is 20.2. The molecule has 5 nitrogen and oxygen atoms in total. The van der Waals surface area contributed by atoms with Gasteiger partial charge in [-0.05, 0) is 31.2 Å². The molecule has 146 valence electrons. The normalized spacial score (nSPS) is 11.4. The number of anilines is 1. The van der Waals surface area contributed by atoms with E-state index in [9.17, 15) is 18.8 Å². The van der Waals surface area contributed by atoms with Crippen molar-refractivity contribution in [3.8, 4) is 0 Å². The summed E-state index contributed by atoms with van der Waals surface area (Å²) in [5, 5.41) is 2.65. The zero-order valence-electron chi connectivity index (χ0n) is 15.6. The van der Waals surface area contributed by atoms with E-state index in [1.54, 1.807) is 48.5 Å². The number of carbonyl (C=O) groups is 3. The van der Waals surface area contributed by atoms with Gasteiger partial charge < -0.3 is 10.1 Å². The summed E-state index contributed by atoms with van der Waals surface area (Å²) >= 11 is 0. The van der Waals surface area contributed by atoms with Gasteiger partial charge in [-0.1, -0.05) is 54.6 Å². The first-order chi connectivity index (χ1) is 14.0. The van der Waals surface area contributed by atoms with E-state index in [1.165, 1.54) is 31.2 Å². The number of ether oxygens (including phenoxy) is 1. The third kappa shape index (κ3) is 4.93. The van der Waals surface area contributed by atoms with E-state index < -0.39 is 23.8 Å². The van der Waals surface area contributed by atoms with Crippen molar-refractivity contribution >= 4 is 23.3 Å². The molecule has 0 saturated carbocycles. The smallest absolute Gasteiger partial charge is 0.342 e. The van der Waals surface area contributed by atoms with Gasteiger partial charge in [-0.3, -0.25) is 9.59 Å². The molecule has 29 heavy (non-hydrogen) atoms. The van der Waals surface area contributed by atoms with Crippen LogP contribution in [0.5, 0.6) is 0 Å². The van der Waals surface area contributed by atoms with Crippen LogP contribution < -0.4 is 5.32 Å². The average Bonchev–Trinajstić information content (AvgIpc) is 2.73. The van der Waals surface area contributed by atoms with Gasteiger partial charge in [0.05, 0.1) is 5.56 Å². The standard InChI is InChI=1S/C23H18FNO4/c1-15(26)17-10-7-11-18(14-17)25-22(27)21(16-8-3-2-4-9-16)29-23(28)19-12-5-6-13-20(19)24/h2-14,21H,1H3,(H,25,27)/t21-/m1/s1. The lowest BCUT2D eigenvalue weighted by molar-refractivity contribution is -0.125. The predicted octanol–water partition coefficient (Wildman–Crippen LogP) is 4.57. The van der Waals surface area contributed by atoms with Crippen molar-refractivity contribution in [3.05, 3.63) is 101 Å². The minimum atomic E-state index is -1.30. The Hall–Kier alpha value is -3.80. The quantitative estimate of drug-likeness (QED) is 0.494. The fourth-order valence-corrected chi connectivity index (χ4v) is 2.72. The first-order valence-corrected chi connectivity index (χ1v) is 8.88. The zero-order chi connectivity index (χ0) is 20.8. The molecule has 3 rings (SSSR count). The van der Waals surface area contributed by atoms with Crippen LogP contribution in [0.3, 0.4) is 0 Å². The molecule has 0 unspecified atom stereocenters. The molecule has 0 saturated heterocycles. The number of ketones is 1. The van der Waals surface area contributed by atoms with Gasteiger partial charge in [0.2, 0.25) is 6.10 Å². The molecular weight excluding hydrogens is 373 g/mol. The molecule has 1 atom stereocenters. The van der Waals surface area contributed by atoms with Gasteiger partial charge >= 0.3 is 5.97 Å². The van der Waals surface area contributed by atoms with Crippen LogP contribution in [0.4, 0.5) is 10.1 Å². The second kappa shape index (κ2) is 8.93. The van der Waals surface area contributed by atoms with Crippen LogP contribution in [0.25, 0.3) is 0 Å². The number of esters is 1. The Morgan fingerprint density at radius 2 is 1.59 bits per heavy atom. The van der Waals surface area contributed by atoms with Gasteiger partial charge in [0.1, 0.15) is 5.82 Å². The van der Waals surface area contributed by atoms with Crippen LogP contribution in [0.15, 0.2) is 78.9 Å². The molecule has 3 aromatic rings. The van der Waals surface area contributed by atoms with Crippen LogP contribution in [0.2, 0.25) is 0 Å². The van der Waals surface area contributed by atoms with E-state index in [-0.39, 0.29) is 11.3 Å². The molecule has 1 amide bonds. The van der Waals surface area contributed by atoms with E-state index in [0.29, 0.717) is 16.8 Å². The molecule has 0 heterocycles. The molecule has 0 aliphatic rings. The third-order valence-corrected chi connectivity index (χ3v) is 4.20. The highest BCUT2D eigenvalue weighted by Crippen LogP contribution is 2.23. The number of benzene rings is 3. The lowest BCUT2D eigenvalue weighted by Gasteiger charge is -2.18. The van der Waals surface area contributed by atoms with Gasteiger partial charge in [-0.25, -0.2) is 9.18 Å². The number of halogens is 1. The van der Waals surface area contributed by atoms with Crippen LogP contribution in [0.1, 0.15) is 39.3 Å². The Labute approximate surface area is 167 Å². The molecule has 0 spiro atoms. The summed E-state index contributed by atoms with van der Waals surface area (Å²) in [6.45, 7) is 1.42. The molecule has 0 aliphatic heterocycles. The lowest BCUT2D eigenvalue weighted by atomic mass is 10.1. The number of rotatable bonds is 6. The van der Waals surface area contributed by atoms with Crippen LogP contribution in [-0.4, -0.2) is 17.7 Å². The SMILES string of the molecule is CC(=O)c1cccc(NC(=O)[C@H](OC(=O)c2ccccc2F)c2ccccc2)c1. The van der Waals surface area contributed by atoms with Crippen LogP contribution in [-0.2, 0) is 9.53 Å². The highest BCUT2D eigenvalue weighted by molar-refractivity contribution is 6.00. The Morgan fingerprint density at radius 3 is 2.28 bits per heavy atom. The first kappa shape index (κ1) is 19.9. The van der Waals surface area contributed by atoms with Gasteiger partial charge in [-0.2, -0.15) is 0 Å². The number of hydrogen-bond donors (Lipinski definition) is 1. The fraction of sp³-hybridized carbons (Fsp3) is 0.0870. The molecule has 1 N–H and O–H groups in total. The summed E-state index contributed by atoms with van der Waals surface area (Å²) in [6.07, 6.45) is -1.30. The summed E-state index contributed by atoms with van der Waals surface area (Å²) in [4.78, 5) is 36.9. The van der Waals surface area contributed by atoms with Gasteiger partial charge in [0.15, 0.2) is 5.78 Å². The number of Topliss-reactive ketones (excluding diaryl/α,β-unsaturated/α-hetero) is 1. The zero-order valence-corrected chi connectivity index (χ0v) is 15.6. The lowest BCUT2D eigenvalue weighted by Crippen LogP contribution is -2.26. The van der Waals surface area contributed by atoms with E-state index in [4.69, 9.17) is 4.74 Å². The van der Waals surface area contributed by atoms with Crippen molar-refractivity contribution in [1.82, 2.24) is 0 Å². The number of hydrogen-bond acceptors (Lipinski definition) is 4. The van der Waals surface area contributed by atoms with E-state index in [1.807, 2.05) is 0 Å². The summed E-state index contributed by atoms with van der Waals surface area (Å²) in [5.74, 6) is -2.46. The van der Waals surface area contributed by atoms with E-state index in [0.717, 1.165) is 6.07 Å². The molecule has 0 aromatic heterocycles. The third-order valence-electron chi connectivity index (χ3n) is 4.20. The molecular formula is C23H18FNO4. The maximum absolute atomic E-state index is 13.9. The van der Waals surface area contributed by atoms with E-state index in [2.05, 4.69) is 5.32 Å². The number of carbonyl (C=O) groups excluding carboxylic acids is 3. The summed E-state index contributed by atoms with van der Waals surface area (Å²) in [5.41, 5.74) is 0.977. The highest BCUT2D eigenvalue weighted by atomic mass is 19.1. The highest BCUT2D eigenvalue weighted by Gasteiger charge is 2.27. The van der Waals surface area contributed by atoms with Crippen LogP contribution >= 0.6 is 0 Å². The summed E-state index contributed by atoms with van der Waals surface area (Å²) < 4.78 is 19.3. The Morgan fingerprint density at radius 1 is 0.897 bits per heavy atom. The van der Waals surface area contributed by atoms with Crippen molar-refractivity contribution in [2.24, 2.45) is 0 Å². The molecule has 3 aromatic carbocycles. The largest absolute Gasteiger partial charge is 0.444 e. The maximum atomic E-state index is 13.9. The Bertz CT molecular complexity index is 1050. The minimum Gasteiger partial charge on any atom is -0.444 e. The van der Waals surface area contributed by atoms with Crippen molar-refractivity contribution in [2.75, 3.05) is 5.32 Å². The van der Waals surface area contributed by atoms with Crippen molar-refractivity contribution in [2.45, 2.75) is 13.0 Å². The average molecular weight is 391 g/mol. The van der Waals surface area contributed by atoms with Gasteiger partial charge in [-0.15, -0.1) is 0 Å². The fourth-order valence-electron chi connectivity index (χ4n) is 2.72. The predicted molar refractivity (Wildman–Crippen MR) is 106 cm³/mol. The second-order valence-electron chi connectivity index (χ2n) is 6.30. The second-order valence-corrected chi connectivity index (χ2v) is 6.30.